The number of hydrogen-bond acceptors (Lipinski definition) is 2. The third-order valence-corrected chi connectivity index (χ3v) is 1.73. The molecular weight excluding hydrogens is 120 g/mol. The summed E-state index contributed by atoms with van der Waals surface area (Å²) < 4.78 is 0. The Bertz CT molecular complexity index is 231. The quantitative estimate of drug-likeness (QED) is 0.504. The molecule has 8 heavy (non-hydrogen) atoms. The van der Waals surface area contributed by atoms with Crippen LogP contribution in [-0.4, -0.2) is 6.34 Å². The first kappa shape index (κ1) is 4.09. The van der Waals surface area contributed by atoms with Crippen molar-refractivity contribution in [3.05, 3.63) is 10.8 Å². The van der Waals surface area contributed by atoms with E-state index < -0.39 is 0 Å². The number of nitrogens with zero attached hydrogens (tertiary/aromatic N) is 2. The molecule has 0 fully saturated rings. The molecule has 0 spiro atoms. The Balaban J connectivity index is 0.000000405. The van der Waals surface area contributed by atoms with E-state index in [1.807, 2.05) is 10.8 Å². The number of fused-ring (bicyclic) bond motifs is 1. The summed E-state index contributed by atoms with van der Waals surface area (Å²) in [5, 5.41) is 7.95. The third-order valence-electron chi connectivity index (χ3n) is 1.02. The van der Waals surface area contributed by atoms with Crippen molar-refractivity contribution in [1.29, 1.82) is 0 Å². The average Bonchev–Trinajstić information content (AvgIpc) is 2.15. The van der Waals surface area contributed by atoms with Gasteiger partial charge in [0.05, 0.1) is 0 Å². The summed E-state index contributed by atoms with van der Waals surface area (Å²) in [6.45, 7) is 0. The molecule has 0 amide bonds. The topological polar surface area (TPSA) is 26.5 Å². The van der Waals surface area contributed by atoms with E-state index in [1.165, 1.54) is 0 Å². The van der Waals surface area contributed by atoms with Gasteiger partial charge in [-0.3, -0.25) is 0 Å². The Morgan fingerprint density at radius 1 is 1.38 bits per heavy atom. The molecule has 0 atom stereocenters. The maximum Gasteiger partial charge on any atom is 1.00 e. The van der Waals surface area contributed by atoms with Crippen molar-refractivity contribution in [3.8, 4) is 0 Å². The van der Waals surface area contributed by atoms with Gasteiger partial charge in [0.25, 0.3) is 0 Å². The van der Waals surface area contributed by atoms with Crippen molar-refractivity contribution >= 4 is 29.1 Å². The second kappa shape index (κ2) is 1.32. The molecule has 0 unspecified atom stereocenters. The van der Waals surface area contributed by atoms with E-state index in [2.05, 4.69) is 10.3 Å². The van der Waals surface area contributed by atoms with Gasteiger partial charge in [-0.25, -0.2) is 10.3 Å². The first-order valence-electron chi connectivity index (χ1n) is 2.26. The Morgan fingerprint density at radius 3 is 3.12 bits per heavy atom. The minimum absolute atomic E-state index is 0. The van der Waals surface area contributed by atoms with E-state index in [4.69, 9.17) is 0 Å². The Hall–Kier alpha value is -0.830. The average molecular weight is 124 g/mol. The van der Waals surface area contributed by atoms with Gasteiger partial charge in [-0.1, -0.05) is 0 Å². The standard InChI is InChI=1S/C5H3N2S/c1-4-5(2-8-1)7-3-6-4/h1-3H/p+1. The molecule has 2 nitrogen and oxygen atoms in total. The fourth-order valence-electron chi connectivity index (χ4n) is 0.630. The van der Waals surface area contributed by atoms with Crippen LogP contribution >= 0.6 is 11.3 Å². The lowest BCUT2D eigenvalue weighted by Gasteiger charge is -1.77. The smallest absolute Gasteiger partial charge is 0.234 e. The van der Waals surface area contributed by atoms with Gasteiger partial charge in [-0.05, 0) is 0 Å². The van der Waals surface area contributed by atoms with Crippen LogP contribution in [0.3, 0.4) is 0 Å². The van der Waals surface area contributed by atoms with Crippen molar-refractivity contribution in [2.75, 3.05) is 0 Å². The summed E-state index contributed by atoms with van der Waals surface area (Å²) in [5.41, 5.74) is 2.02. The molecule has 1 aliphatic heterocycles. The molecule has 0 aliphatic carbocycles. The summed E-state index contributed by atoms with van der Waals surface area (Å²) >= 11 is 1.63. The number of hydrogen-bond donors (Lipinski definition) is 0. The van der Waals surface area contributed by atoms with E-state index in [9.17, 15) is 0 Å². The summed E-state index contributed by atoms with van der Waals surface area (Å²) in [4.78, 5) is 3.98. The molecule has 2 rings (SSSR count). The fraction of sp³-hybridized carbons (Fsp3) is 0. The van der Waals surface area contributed by atoms with Gasteiger partial charge in [-0.2, -0.15) is 0 Å². The van der Waals surface area contributed by atoms with Crippen molar-refractivity contribution in [2.24, 2.45) is 4.99 Å². The molecular formula is C5H4N2S+. The minimum atomic E-state index is 0. The summed E-state index contributed by atoms with van der Waals surface area (Å²) in [7, 11) is 0. The molecule has 0 saturated carbocycles. The molecule has 3 heteroatoms. The first-order chi connectivity index (χ1) is 3.97. The highest BCUT2D eigenvalue weighted by Gasteiger charge is 2.05. The molecule has 1 aromatic rings. The Kier molecular flexibility index (Phi) is 0.676. The molecule has 0 saturated heterocycles. The third kappa shape index (κ3) is 0.391. The van der Waals surface area contributed by atoms with Crippen LogP contribution in [0.4, 0.5) is 11.4 Å². The second-order valence-corrected chi connectivity index (χ2v) is 2.26. The van der Waals surface area contributed by atoms with Crippen LogP contribution in [0, 0.1) is 0 Å². The molecule has 2 heterocycles. The predicted octanol–water partition coefficient (Wildman–Crippen LogP) is 1.77. The van der Waals surface area contributed by atoms with Crippen LogP contribution in [0.2, 0.25) is 0 Å². The molecule has 1 aliphatic rings. The van der Waals surface area contributed by atoms with Crippen molar-refractivity contribution in [1.82, 2.24) is 5.32 Å². The summed E-state index contributed by atoms with van der Waals surface area (Å²) in [6, 6.07) is 0. The summed E-state index contributed by atoms with van der Waals surface area (Å²) in [5.74, 6) is 0. The highest BCUT2D eigenvalue weighted by molar-refractivity contribution is 7.08. The zero-order chi connectivity index (χ0) is 5.40. The number of thiophene rings is 1. The lowest BCUT2D eigenvalue weighted by Crippen LogP contribution is -1.81. The zero-order valence-corrected chi connectivity index (χ0v) is 4.85. The van der Waals surface area contributed by atoms with E-state index in [0.29, 0.717) is 0 Å². The second-order valence-electron chi connectivity index (χ2n) is 1.52. The minimum Gasteiger partial charge on any atom is -0.234 e. The Labute approximate surface area is 52.4 Å². The van der Waals surface area contributed by atoms with Gasteiger partial charge in [-0.15, -0.1) is 11.3 Å². The fourth-order valence-corrected chi connectivity index (χ4v) is 1.32. The van der Waals surface area contributed by atoms with Crippen molar-refractivity contribution in [3.63, 3.8) is 0 Å². The number of aliphatic imine (C=N–C) groups is 1. The lowest BCUT2D eigenvalue weighted by molar-refractivity contribution is 1.37. The normalized spacial score (nSPS) is 13.5. The van der Waals surface area contributed by atoms with E-state index in [-0.39, 0.29) is 1.43 Å². The van der Waals surface area contributed by atoms with Gasteiger partial charge >= 0.3 is 1.43 Å². The largest absolute Gasteiger partial charge is 1.00 e. The van der Waals surface area contributed by atoms with Crippen LogP contribution in [0.25, 0.3) is 0 Å². The maximum atomic E-state index is 3.98. The van der Waals surface area contributed by atoms with E-state index >= 15 is 0 Å². The van der Waals surface area contributed by atoms with E-state index in [1.54, 1.807) is 17.7 Å². The molecule has 0 N–H and O–H groups in total. The predicted molar refractivity (Wildman–Crippen MR) is 35.4 cm³/mol. The summed E-state index contributed by atoms with van der Waals surface area (Å²) in [6.07, 6.45) is 1.58. The van der Waals surface area contributed by atoms with Crippen molar-refractivity contribution in [2.45, 2.75) is 0 Å². The highest BCUT2D eigenvalue weighted by atomic mass is 32.1. The lowest BCUT2D eigenvalue weighted by atomic mass is 10.5. The van der Waals surface area contributed by atoms with Crippen molar-refractivity contribution < 1.29 is 1.43 Å². The van der Waals surface area contributed by atoms with E-state index in [0.717, 1.165) is 11.4 Å². The van der Waals surface area contributed by atoms with Gasteiger partial charge < -0.3 is 0 Å². The Morgan fingerprint density at radius 2 is 2.25 bits per heavy atom. The zero-order valence-electron chi connectivity index (χ0n) is 5.03. The van der Waals surface area contributed by atoms with Gasteiger partial charge in [0, 0.05) is 10.8 Å². The number of rotatable bonds is 0. The molecule has 0 bridgehead atoms. The molecule has 1 aromatic heterocycles. The SMILES string of the molecule is C1=Nc2cscc2[N]1.[H+]. The molecule has 39 valence electrons. The van der Waals surface area contributed by atoms with Crippen LogP contribution in [0.5, 0.6) is 0 Å². The van der Waals surface area contributed by atoms with Crippen LogP contribution in [0.1, 0.15) is 1.43 Å². The van der Waals surface area contributed by atoms with Gasteiger partial charge in [0.1, 0.15) is 17.7 Å². The molecule has 1 radical (unpaired) electrons. The highest BCUT2D eigenvalue weighted by Crippen LogP contribution is 2.31. The monoisotopic (exact) mass is 124 g/mol. The van der Waals surface area contributed by atoms with Gasteiger partial charge in [0.15, 0.2) is 0 Å². The maximum absolute atomic E-state index is 3.98. The van der Waals surface area contributed by atoms with Crippen LogP contribution in [0.15, 0.2) is 15.8 Å². The first-order valence-corrected chi connectivity index (χ1v) is 3.21. The van der Waals surface area contributed by atoms with Crippen LogP contribution in [-0.2, 0) is 0 Å². The van der Waals surface area contributed by atoms with Crippen LogP contribution < -0.4 is 5.32 Å². The molecule has 0 aromatic carbocycles. The van der Waals surface area contributed by atoms with Gasteiger partial charge in [0.2, 0.25) is 0 Å².